The van der Waals surface area contributed by atoms with Crippen LogP contribution in [0.1, 0.15) is 62.8 Å². The van der Waals surface area contributed by atoms with Gasteiger partial charge in [0.05, 0.1) is 0 Å². The number of likely N-dealkylation sites (tertiary alicyclic amines) is 1. The van der Waals surface area contributed by atoms with Gasteiger partial charge < -0.3 is 14.5 Å². The highest BCUT2D eigenvalue weighted by atomic mass is 16.5. The summed E-state index contributed by atoms with van der Waals surface area (Å²) in [5, 5.41) is 14.5. The zero-order chi connectivity index (χ0) is 14.7. The van der Waals surface area contributed by atoms with Crippen molar-refractivity contribution < 1.29 is 9.63 Å². The standard InChI is InChI=1S/C16H27N3O2/c1-19-9-7-12(8-10-19)11-14-17-16(21-18-14)15(20)13-5-3-2-4-6-13/h12-13,15,20H,2-11H2,1H3/t15-/m1/s1. The number of aliphatic hydroxyl groups is 1. The third-order valence-electron chi connectivity index (χ3n) is 5.14. The van der Waals surface area contributed by atoms with Crippen LogP contribution in [0.5, 0.6) is 0 Å². The molecule has 1 saturated heterocycles. The summed E-state index contributed by atoms with van der Waals surface area (Å²) in [7, 11) is 2.17. The molecule has 0 radical (unpaired) electrons. The van der Waals surface area contributed by atoms with Crippen molar-refractivity contribution in [3.63, 3.8) is 0 Å². The van der Waals surface area contributed by atoms with Gasteiger partial charge in [0.1, 0.15) is 6.10 Å². The van der Waals surface area contributed by atoms with Gasteiger partial charge in [0.25, 0.3) is 5.89 Å². The van der Waals surface area contributed by atoms with Crippen LogP contribution in [-0.4, -0.2) is 40.3 Å². The molecule has 1 aliphatic carbocycles. The van der Waals surface area contributed by atoms with Gasteiger partial charge in [-0.2, -0.15) is 4.98 Å². The molecule has 0 amide bonds. The Morgan fingerprint density at radius 2 is 1.90 bits per heavy atom. The first-order valence-electron chi connectivity index (χ1n) is 8.41. The van der Waals surface area contributed by atoms with Crippen LogP contribution in [0.25, 0.3) is 0 Å². The van der Waals surface area contributed by atoms with Crippen LogP contribution in [0.4, 0.5) is 0 Å². The van der Waals surface area contributed by atoms with Crippen LogP contribution in [-0.2, 0) is 6.42 Å². The van der Waals surface area contributed by atoms with Crippen LogP contribution < -0.4 is 0 Å². The predicted octanol–water partition coefficient (Wildman–Crippen LogP) is 2.57. The minimum atomic E-state index is -0.566. The highest BCUT2D eigenvalue weighted by Crippen LogP contribution is 2.33. The number of aliphatic hydroxyl groups excluding tert-OH is 1. The van der Waals surface area contributed by atoms with Crippen molar-refractivity contribution in [1.29, 1.82) is 0 Å². The lowest BCUT2D eigenvalue weighted by Gasteiger charge is -2.28. The monoisotopic (exact) mass is 293 g/mol. The molecule has 0 aromatic carbocycles. The number of aromatic nitrogens is 2. The van der Waals surface area contributed by atoms with Gasteiger partial charge in [-0.25, -0.2) is 0 Å². The van der Waals surface area contributed by atoms with E-state index >= 15 is 0 Å². The molecule has 1 aliphatic heterocycles. The molecule has 1 aromatic heterocycles. The maximum atomic E-state index is 10.4. The maximum Gasteiger partial charge on any atom is 0.255 e. The molecule has 118 valence electrons. The van der Waals surface area contributed by atoms with E-state index in [0.717, 1.165) is 38.2 Å². The smallest absolute Gasteiger partial charge is 0.255 e. The van der Waals surface area contributed by atoms with Crippen LogP contribution in [0.2, 0.25) is 0 Å². The molecular formula is C16H27N3O2. The Morgan fingerprint density at radius 3 is 2.62 bits per heavy atom. The van der Waals surface area contributed by atoms with Crippen LogP contribution >= 0.6 is 0 Å². The van der Waals surface area contributed by atoms with E-state index in [1.165, 1.54) is 32.1 Å². The van der Waals surface area contributed by atoms with Crippen molar-refractivity contribution in [3.8, 4) is 0 Å². The Hall–Kier alpha value is -0.940. The first-order chi connectivity index (χ1) is 10.2. The van der Waals surface area contributed by atoms with E-state index in [2.05, 4.69) is 22.1 Å². The zero-order valence-corrected chi connectivity index (χ0v) is 13.0. The molecule has 1 N–H and O–H groups in total. The van der Waals surface area contributed by atoms with Gasteiger partial charge in [-0.15, -0.1) is 0 Å². The SMILES string of the molecule is CN1CCC(Cc2noc([C@H](O)C3CCCCC3)n2)CC1. The van der Waals surface area contributed by atoms with Gasteiger partial charge in [0.15, 0.2) is 5.82 Å². The van der Waals surface area contributed by atoms with Crippen molar-refractivity contribution in [2.75, 3.05) is 20.1 Å². The van der Waals surface area contributed by atoms with E-state index in [4.69, 9.17) is 4.52 Å². The fourth-order valence-electron chi connectivity index (χ4n) is 3.65. The molecule has 2 aliphatic rings. The van der Waals surface area contributed by atoms with Gasteiger partial charge in [0, 0.05) is 6.42 Å². The van der Waals surface area contributed by atoms with Crippen molar-refractivity contribution >= 4 is 0 Å². The molecule has 0 unspecified atom stereocenters. The van der Waals surface area contributed by atoms with Crippen LogP contribution in [0.15, 0.2) is 4.52 Å². The second-order valence-corrected chi connectivity index (χ2v) is 6.84. The summed E-state index contributed by atoms with van der Waals surface area (Å²) in [6.45, 7) is 2.31. The molecular weight excluding hydrogens is 266 g/mol. The van der Waals surface area contributed by atoms with E-state index in [1.54, 1.807) is 0 Å². The summed E-state index contributed by atoms with van der Waals surface area (Å²) in [6, 6.07) is 0. The number of rotatable bonds is 4. The lowest BCUT2D eigenvalue weighted by atomic mass is 9.85. The van der Waals surface area contributed by atoms with Crippen LogP contribution in [0.3, 0.4) is 0 Å². The molecule has 1 aromatic rings. The Balaban J connectivity index is 1.55. The lowest BCUT2D eigenvalue weighted by molar-refractivity contribution is 0.0552. The number of hydrogen-bond donors (Lipinski definition) is 1. The first kappa shape index (κ1) is 15.0. The van der Waals surface area contributed by atoms with Crippen molar-refractivity contribution in [1.82, 2.24) is 15.0 Å². The third-order valence-corrected chi connectivity index (χ3v) is 5.14. The van der Waals surface area contributed by atoms with Gasteiger partial charge in [0.2, 0.25) is 0 Å². The third kappa shape index (κ3) is 3.83. The van der Waals surface area contributed by atoms with Gasteiger partial charge in [-0.1, -0.05) is 24.4 Å². The summed E-state index contributed by atoms with van der Waals surface area (Å²) >= 11 is 0. The van der Waals surface area contributed by atoms with E-state index in [1.807, 2.05) is 0 Å². The van der Waals surface area contributed by atoms with Crippen molar-refractivity contribution in [2.45, 2.75) is 57.5 Å². The fourth-order valence-corrected chi connectivity index (χ4v) is 3.65. The minimum absolute atomic E-state index is 0.301. The Morgan fingerprint density at radius 1 is 1.19 bits per heavy atom. The normalized spacial score (nSPS) is 24.3. The first-order valence-corrected chi connectivity index (χ1v) is 8.41. The predicted molar refractivity (Wildman–Crippen MR) is 79.8 cm³/mol. The summed E-state index contributed by atoms with van der Waals surface area (Å²) in [5.41, 5.74) is 0. The highest BCUT2D eigenvalue weighted by molar-refractivity contribution is 4.94. The average Bonchev–Trinajstić information content (AvgIpc) is 2.98. The second-order valence-electron chi connectivity index (χ2n) is 6.84. The molecule has 2 fully saturated rings. The van der Waals surface area contributed by atoms with E-state index in [9.17, 15) is 5.11 Å². The van der Waals surface area contributed by atoms with Crippen molar-refractivity contribution in [3.05, 3.63) is 11.7 Å². The molecule has 0 spiro atoms. The average molecular weight is 293 g/mol. The van der Waals surface area contributed by atoms with E-state index in [0.29, 0.717) is 17.7 Å². The lowest BCUT2D eigenvalue weighted by Crippen LogP contribution is -2.31. The molecule has 1 atom stereocenters. The molecule has 1 saturated carbocycles. The van der Waals surface area contributed by atoms with Crippen molar-refractivity contribution in [2.24, 2.45) is 11.8 Å². The number of nitrogens with zero attached hydrogens (tertiary/aromatic N) is 3. The highest BCUT2D eigenvalue weighted by Gasteiger charge is 2.28. The summed E-state index contributed by atoms with van der Waals surface area (Å²) < 4.78 is 5.32. The second kappa shape index (κ2) is 6.88. The Labute approximate surface area is 126 Å². The molecule has 2 heterocycles. The summed E-state index contributed by atoms with van der Waals surface area (Å²) in [4.78, 5) is 6.82. The molecule has 5 nitrogen and oxygen atoms in total. The Bertz CT molecular complexity index is 434. The quantitative estimate of drug-likeness (QED) is 0.924. The van der Waals surface area contributed by atoms with Crippen LogP contribution in [0, 0.1) is 11.8 Å². The van der Waals surface area contributed by atoms with E-state index in [-0.39, 0.29) is 0 Å². The van der Waals surface area contributed by atoms with Gasteiger partial charge >= 0.3 is 0 Å². The van der Waals surface area contributed by atoms with Gasteiger partial charge in [-0.05, 0) is 57.7 Å². The van der Waals surface area contributed by atoms with E-state index < -0.39 is 6.10 Å². The molecule has 5 heteroatoms. The largest absolute Gasteiger partial charge is 0.383 e. The molecule has 21 heavy (non-hydrogen) atoms. The minimum Gasteiger partial charge on any atom is -0.383 e. The molecule has 3 rings (SSSR count). The number of piperidine rings is 1. The van der Waals surface area contributed by atoms with Gasteiger partial charge in [-0.3, -0.25) is 0 Å². The summed E-state index contributed by atoms with van der Waals surface area (Å²) in [5.74, 6) is 2.16. The molecule has 0 bridgehead atoms. The maximum absolute atomic E-state index is 10.4. The topological polar surface area (TPSA) is 62.4 Å². The fraction of sp³-hybridized carbons (Fsp3) is 0.875. The zero-order valence-electron chi connectivity index (χ0n) is 13.0. The summed E-state index contributed by atoms with van der Waals surface area (Å²) in [6.07, 6.45) is 8.57. The Kier molecular flexibility index (Phi) is 4.91. The number of hydrogen-bond acceptors (Lipinski definition) is 5.